The minimum Gasteiger partial charge on any atom is -0.490 e. The third-order valence-electron chi connectivity index (χ3n) is 4.02. The first-order valence-corrected chi connectivity index (χ1v) is 8.39. The fourth-order valence-electron chi connectivity index (χ4n) is 2.52. The number of aliphatic carboxylic acids is 1. The van der Waals surface area contributed by atoms with Gasteiger partial charge in [0, 0.05) is 6.08 Å². The topological polar surface area (TPSA) is 46.5 Å². The number of halogens is 3. The van der Waals surface area contributed by atoms with E-state index in [4.69, 9.17) is 9.84 Å². The molecule has 6 heteroatoms. The van der Waals surface area contributed by atoms with Crippen molar-refractivity contribution in [1.29, 1.82) is 0 Å². The normalized spacial score (nSPS) is 15.1. The Labute approximate surface area is 154 Å². The second kappa shape index (κ2) is 7.70. The third-order valence-corrected chi connectivity index (χ3v) is 4.02. The molecule has 1 fully saturated rings. The Morgan fingerprint density at radius 2 is 1.56 bits per heavy atom. The largest absolute Gasteiger partial charge is 0.490 e. The maximum absolute atomic E-state index is 12.8. The van der Waals surface area contributed by atoms with Crippen LogP contribution >= 0.6 is 0 Å². The minimum absolute atomic E-state index is 0.263. The van der Waals surface area contributed by atoms with Crippen molar-refractivity contribution in [3.05, 3.63) is 83.4 Å². The Balaban J connectivity index is 1.91. The average molecular weight is 374 g/mol. The minimum atomic E-state index is -4.41. The number of hydrogen-bond acceptors (Lipinski definition) is 2. The van der Waals surface area contributed by atoms with Crippen LogP contribution in [0.1, 0.15) is 29.5 Å². The summed E-state index contributed by atoms with van der Waals surface area (Å²) in [4.78, 5) is 10.7. The molecule has 3 nitrogen and oxygen atoms in total. The fourth-order valence-corrected chi connectivity index (χ4v) is 2.52. The van der Waals surface area contributed by atoms with Gasteiger partial charge in [-0.1, -0.05) is 36.4 Å². The maximum atomic E-state index is 12.8. The highest BCUT2D eigenvalue weighted by atomic mass is 19.4. The van der Waals surface area contributed by atoms with Crippen molar-refractivity contribution >= 4 is 11.5 Å². The summed E-state index contributed by atoms with van der Waals surface area (Å²) in [6.45, 7) is 0. The van der Waals surface area contributed by atoms with Crippen LogP contribution in [-0.4, -0.2) is 17.2 Å². The third kappa shape index (κ3) is 5.23. The maximum Gasteiger partial charge on any atom is 0.416 e. The SMILES string of the molecule is O=C(O)C=CC=C(c1ccc(OC2CC2)cc1)c1ccc(C(F)(F)F)cc1. The molecular formula is C21H17F3O3. The van der Waals surface area contributed by atoms with Crippen LogP contribution in [0.5, 0.6) is 5.75 Å². The van der Waals surface area contributed by atoms with Crippen LogP contribution in [0.3, 0.4) is 0 Å². The molecule has 0 amide bonds. The fraction of sp³-hybridized carbons (Fsp3) is 0.190. The quantitative estimate of drug-likeness (QED) is 0.550. The lowest BCUT2D eigenvalue weighted by Gasteiger charge is -2.12. The summed E-state index contributed by atoms with van der Waals surface area (Å²) >= 11 is 0. The molecule has 140 valence electrons. The zero-order chi connectivity index (χ0) is 19.4. The number of allylic oxidation sites excluding steroid dienone is 2. The summed E-state index contributed by atoms with van der Waals surface area (Å²) in [5, 5.41) is 8.76. The van der Waals surface area contributed by atoms with Crippen molar-refractivity contribution in [1.82, 2.24) is 0 Å². The number of rotatable bonds is 6. The average Bonchev–Trinajstić information content (AvgIpc) is 3.43. The van der Waals surface area contributed by atoms with E-state index in [0.29, 0.717) is 11.1 Å². The molecule has 0 radical (unpaired) electrons. The van der Waals surface area contributed by atoms with Crippen molar-refractivity contribution in [2.45, 2.75) is 25.1 Å². The first-order chi connectivity index (χ1) is 12.8. The number of hydrogen-bond donors (Lipinski definition) is 1. The van der Waals surface area contributed by atoms with E-state index in [1.54, 1.807) is 30.3 Å². The van der Waals surface area contributed by atoms with Gasteiger partial charge in [-0.3, -0.25) is 0 Å². The molecule has 1 N–H and O–H groups in total. The molecule has 0 aliphatic heterocycles. The number of alkyl halides is 3. The van der Waals surface area contributed by atoms with Crippen LogP contribution in [0.2, 0.25) is 0 Å². The number of ether oxygens (including phenoxy) is 1. The van der Waals surface area contributed by atoms with E-state index >= 15 is 0 Å². The second-order valence-electron chi connectivity index (χ2n) is 6.19. The molecule has 3 rings (SSSR count). The Hall–Kier alpha value is -3.02. The molecular weight excluding hydrogens is 357 g/mol. The van der Waals surface area contributed by atoms with Crippen LogP contribution < -0.4 is 4.74 Å². The zero-order valence-electron chi connectivity index (χ0n) is 14.2. The van der Waals surface area contributed by atoms with E-state index in [1.165, 1.54) is 18.2 Å². The van der Waals surface area contributed by atoms with Crippen molar-refractivity contribution in [2.24, 2.45) is 0 Å². The Morgan fingerprint density at radius 1 is 1.00 bits per heavy atom. The molecule has 1 aliphatic carbocycles. The molecule has 0 unspecified atom stereocenters. The van der Waals surface area contributed by atoms with Gasteiger partial charge in [-0.25, -0.2) is 4.79 Å². The Morgan fingerprint density at radius 3 is 2.04 bits per heavy atom. The van der Waals surface area contributed by atoms with Crippen LogP contribution in [0.15, 0.2) is 66.8 Å². The van der Waals surface area contributed by atoms with Gasteiger partial charge in [-0.2, -0.15) is 13.2 Å². The smallest absolute Gasteiger partial charge is 0.416 e. The van der Waals surface area contributed by atoms with E-state index in [2.05, 4.69) is 0 Å². The molecule has 1 aliphatic rings. The molecule has 0 saturated heterocycles. The molecule has 27 heavy (non-hydrogen) atoms. The van der Waals surface area contributed by atoms with Gasteiger partial charge in [0.15, 0.2) is 0 Å². The monoisotopic (exact) mass is 374 g/mol. The lowest BCUT2D eigenvalue weighted by Crippen LogP contribution is -2.04. The van der Waals surface area contributed by atoms with Crippen molar-refractivity contribution in [3.63, 3.8) is 0 Å². The van der Waals surface area contributed by atoms with Gasteiger partial charge in [0.1, 0.15) is 5.75 Å². The van der Waals surface area contributed by atoms with Gasteiger partial charge in [0.2, 0.25) is 0 Å². The first kappa shape index (κ1) is 18.8. The van der Waals surface area contributed by atoms with Gasteiger partial charge < -0.3 is 9.84 Å². The lowest BCUT2D eigenvalue weighted by atomic mass is 9.96. The highest BCUT2D eigenvalue weighted by molar-refractivity contribution is 5.84. The van der Waals surface area contributed by atoms with E-state index in [-0.39, 0.29) is 6.10 Å². The predicted octanol–water partition coefficient (Wildman–Crippen LogP) is 5.32. The summed E-state index contributed by atoms with van der Waals surface area (Å²) in [5.41, 5.74) is 1.17. The molecule has 0 spiro atoms. The lowest BCUT2D eigenvalue weighted by molar-refractivity contribution is -0.137. The van der Waals surface area contributed by atoms with E-state index < -0.39 is 17.7 Å². The number of benzene rings is 2. The summed E-state index contributed by atoms with van der Waals surface area (Å²) in [6.07, 6.45) is 1.82. The molecule has 0 atom stereocenters. The van der Waals surface area contributed by atoms with Gasteiger partial charge in [-0.15, -0.1) is 0 Å². The van der Waals surface area contributed by atoms with E-state index in [9.17, 15) is 18.0 Å². The van der Waals surface area contributed by atoms with Gasteiger partial charge in [0.25, 0.3) is 0 Å². The zero-order valence-corrected chi connectivity index (χ0v) is 14.2. The van der Waals surface area contributed by atoms with E-state index in [0.717, 1.165) is 42.4 Å². The van der Waals surface area contributed by atoms with Crippen molar-refractivity contribution in [3.8, 4) is 5.75 Å². The molecule has 2 aromatic carbocycles. The highest BCUT2D eigenvalue weighted by Gasteiger charge is 2.30. The van der Waals surface area contributed by atoms with Crippen LogP contribution in [-0.2, 0) is 11.0 Å². The van der Waals surface area contributed by atoms with Crippen molar-refractivity contribution in [2.75, 3.05) is 0 Å². The van der Waals surface area contributed by atoms with Crippen LogP contribution in [0.25, 0.3) is 5.57 Å². The number of carboxylic acid groups (broad SMARTS) is 1. The van der Waals surface area contributed by atoms with Crippen LogP contribution in [0.4, 0.5) is 13.2 Å². The van der Waals surface area contributed by atoms with Gasteiger partial charge in [-0.05, 0) is 53.8 Å². The van der Waals surface area contributed by atoms with Gasteiger partial charge in [0.05, 0.1) is 11.7 Å². The highest BCUT2D eigenvalue weighted by Crippen LogP contribution is 2.32. The summed E-state index contributed by atoms with van der Waals surface area (Å²) in [6, 6.07) is 12.0. The molecule has 0 heterocycles. The summed E-state index contributed by atoms with van der Waals surface area (Å²) in [5.74, 6) is -0.375. The Kier molecular flexibility index (Phi) is 5.35. The Bertz CT molecular complexity index is 859. The molecule has 0 aromatic heterocycles. The van der Waals surface area contributed by atoms with Crippen molar-refractivity contribution < 1.29 is 27.8 Å². The van der Waals surface area contributed by atoms with E-state index in [1.807, 2.05) is 0 Å². The van der Waals surface area contributed by atoms with Gasteiger partial charge >= 0.3 is 12.1 Å². The molecule has 1 saturated carbocycles. The second-order valence-corrected chi connectivity index (χ2v) is 6.19. The summed E-state index contributed by atoms with van der Waals surface area (Å²) < 4.78 is 44.0. The standard InChI is InChI=1S/C21H17F3O3/c22-21(23,24)16-8-4-14(5-9-16)19(2-1-3-20(25)26)15-6-10-17(11-7-15)27-18-12-13-18/h1-11,18H,12-13H2,(H,25,26). The molecule has 2 aromatic rings. The number of carboxylic acids is 1. The number of carbonyl (C=O) groups is 1. The van der Waals surface area contributed by atoms with Crippen LogP contribution in [0, 0.1) is 0 Å². The predicted molar refractivity (Wildman–Crippen MR) is 95.4 cm³/mol. The first-order valence-electron chi connectivity index (χ1n) is 8.39. The summed E-state index contributed by atoms with van der Waals surface area (Å²) in [7, 11) is 0. The molecule has 0 bridgehead atoms.